The lowest BCUT2D eigenvalue weighted by Crippen LogP contribution is -2.39. The van der Waals surface area contributed by atoms with Gasteiger partial charge in [0.25, 0.3) is 0 Å². The number of hydrogen-bond donors (Lipinski definition) is 3. The van der Waals surface area contributed by atoms with Crippen LogP contribution in [0.1, 0.15) is 52.1 Å². The molecule has 0 radical (unpaired) electrons. The SMILES string of the molecule is CCNC(=NCC(C)(O)c1ccc(C)o1)NCCCCN(C)C(C)C.I. The molecule has 0 spiro atoms. The first-order chi connectivity index (χ1) is 11.8. The number of nitrogens with zero attached hydrogens (tertiary/aromatic N) is 2. The van der Waals surface area contributed by atoms with E-state index in [-0.39, 0.29) is 30.5 Å². The summed E-state index contributed by atoms with van der Waals surface area (Å²) in [6, 6.07) is 4.24. The summed E-state index contributed by atoms with van der Waals surface area (Å²) in [4.78, 5) is 6.85. The van der Waals surface area contributed by atoms with E-state index in [0.29, 0.717) is 11.8 Å². The van der Waals surface area contributed by atoms with Crippen molar-refractivity contribution in [3.05, 3.63) is 23.7 Å². The van der Waals surface area contributed by atoms with Gasteiger partial charge >= 0.3 is 0 Å². The fraction of sp³-hybridized carbons (Fsp3) is 0.737. The van der Waals surface area contributed by atoms with Crippen molar-refractivity contribution in [2.45, 2.75) is 59.1 Å². The van der Waals surface area contributed by atoms with E-state index in [1.165, 1.54) is 0 Å². The molecule has 1 rings (SSSR count). The molecular formula is C19H37IN4O2. The molecule has 1 heterocycles. The molecule has 0 bridgehead atoms. The highest BCUT2D eigenvalue weighted by atomic mass is 127. The monoisotopic (exact) mass is 480 g/mol. The Morgan fingerprint density at radius 1 is 1.31 bits per heavy atom. The number of aryl methyl sites for hydroxylation is 1. The van der Waals surface area contributed by atoms with Crippen molar-refractivity contribution in [2.75, 3.05) is 33.2 Å². The zero-order valence-corrected chi connectivity index (χ0v) is 19.5. The zero-order valence-electron chi connectivity index (χ0n) is 17.1. The summed E-state index contributed by atoms with van der Waals surface area (Å²) in [7, 11) is 2.15. The van der Waals surface area contributed by atoms with E-state index in [4.69, 9.17) is 4.42 Å². The smallest absolute Gasteiger partial charge is 0.191 e. The van der Waals surface area contributed by atoms with Gasteiger partial charge in [-0.05, 0) is 73.2 Å². The number of aliphatic imine (C=N–C) groups is 1. The molecule has 0 saturated carbocycles. The Balaban J connectivity index is 0.00000625. The van der Waals surface area contributed by atoms with E-state index in [1.54, 1.807) is 13.0 Å². The molecule has 1 aromatic rings. The largest absolute Gasteiger partial charge is 0.463 e. The number of furan rings is 1. The maximum atomic E-state index is 10.6. The van der Waals surface area contributed by atoms with Crippen LogP contribution in [0.4, 0.5) is 0 Å². The molecule has 26 heavy (non-hydrogen) atoms. The minimum absolute atomic E-state index is 0. The Labute approximate surface area is 175 Å². The van der Waals surface area contributed by atoms with Crippen LogP contribution in [-0.4, -0.2) is 55.2 Å². The Hall–Kier alpha value is -0.800. The molecule has 0 saturated heterocycles. The maximum absolute atomic E-state index is 10.6. The Morgan fingerprint density at radius 2 is 2.00 bits per heavy atom. The summed E-state index contributed by atoms with van der Waals surface area (Å²) in [5, 5.41) is 17.1. The van der Waals surface area contributed by atoms with Gasteiger partial charge in [0.05, 0.1) is 6.54 Å². The van der Waals surface area contributed by atoms with Crippen LogP contribution in [0.25, 0.3) is 0 Å². The molecule has 3 N–H and O–H groups in total. The topological polar surface area (TPSA) is 73.0 Å². The summed E-state index contributed by atoms with van der Waals surface area (Å²) >= 11 is 0. The first-order valence-corrected chi connectivity index (χ1v) is 9.28. The number of rotatable bonds is 10. The number of guanidine groups is 1. The van der Waals surface area contributed by atoms with E-state index in [0.717, 1.165) is 44.2 Å². The molecule has 1 atom stereocenters. The molecular weight excluding hydrogens is 443 g/mol. The highest BCUT2D eigenvalue weighted by Gasteiger charge is 2.26. The quantitative estimate of drug-likeness (QED) is 0.208. The molecule has 1 aromatic heterocycles. The minimum Gasteiger partial charge on any atom is -0.463 e. The average molecular weight is 480 g/mol. The van der Waals surface area contributed by atoms with Crippen LogP contribution in [0, 0.1) is 6.92 Å². The van der Waals surface area contributed by atoms with Gasteiger partial charge in [-0.25, -0.2) is 4.99 Å². The number of nitrogens with one attached hydrogen (secondary N) is 2. The highest BCUT2D eigenvalue weighted by molar-refractivity contribution is 14.0. The summed E-state index contributed by atoms with van der Waals surface area (Å²) in [5.41, 5.74) is -1.11. The van der Waals surface area contributed by atoms with E-state index in [1.807, 2.05) is 19.9 Å². The summed E-state index contributed by atoms with van der Waals surface area (Å²) in [6.07, 6.45) is 2.22. The minimum atomic E-state index is -1.11. The van der Waals surface area contributed by atoms with Gasteiger partial charge in [-0.2, -0.15) is 0 Å². The number of hydrogen-bond acceptors (Lipinski definition) is 4. The molecule has 0 aliphatic rings. The predicted molar refractivity (Wildman–Crippen MR) is 119 cm³/mol. The van der Waals surface area contributed by atoms with Crippen molar-refractivity contribution in [3.63, 3.8) is 0 Å². The van der Waals surface area contributed by atoms with E-state index in [9.17, 15) is 5.11 Å². The van der Waals surface area contributed by atoms with E-state index in [2.05, 4.69) is 41.4 Å². The van der Waals surface area contributed by atoms with Crippen LogP contribution < -0.4 is 10.6 Å². The van der Waals surface area contributed by atoms with Crippen LogP contribution >= 0.6 is 24.0 Å². The molecule has 7 heteroatoms. The van der Waals surface area contributed by atoms with Gasteiger partial charge in [0.2, 0.25) is 0 Å². The molecule has 0 amide bonds. The van der Waals surface area contributed by atoms with Crippen molar-refractivity contribution in [1.82, 2.24) is 15.5 Å². The number of aliphatic hydroxyl groups is 1. The van der Waals surface area contributed by atoms with Gasteiger partial charge in [0.15, 0.2) is 5.96 Å². The van der Waals surface area contributed by atoms with Crippen LogP contribution in [0.3, 0.4) is 0 Å². The van der Waals surface area contributed by atoms with Crippen molar-refractivity contribution < 1.29 is 9.52 Å². The fourth-order valence-electron chi connectivity index (χ4n) is 2.33. The second-order valence-electron chi connectivity index (χ2n) is 7.09. The lowest BCUT2D eigenvalue weighted by molar-refractivity contribution is 0.0428. The average Bonchev–Trinajstić information content (AvgIpc) is 2.99. The van der Waals surface area contributed by atoms with Gasteiger partial charge in [0, 0.05) is 19.1 Å². The first-order valence-electron chi connectivity index (χ1n) is 9.28. The Morgan fingerprint density at radius 3 is 2.54 bits per heavy atom. The van der Waals surface area contributed by atoms with Gasteiger partial charge in [-0.15, -0.1) is 24.0 Å². The summed E-state index contributed by atoms with van der Waals surface area (Å²) in [5.74, 6) is 2.06. The van der Waals surface area contributed by atoms with Crippen molar-refractivity contribution >= 4 is 29.9 Å². The van der Waals surface area contributed by atoms with Gasteiger partial charge < -0.3 is 25.1 Å². The molecule has 0 aliphatic heterocycles. The molecule has 0 fully saturated rings. The first kappa shape index (κ1) is 25.2. The van der Waals surface area contributed by atoms with E-state index >= 15 is 0 Å². The molecule has 1 unspecified atom stereocenters. The van der Waals surface area contributed by atoms with Crippen molar-refractivity contribution in [2.24, 2.45) is 4.99 Å². The Bertz CT molecular complexity index is 529. The maximum Gasteiger partial charge on any atom is 0.191 e. The molecule has 0 aliphatic carbocycles. The van der Waals surface area contributed by atoms with Crippen LogP contribution in [-0.2, 0) is 5.60 Å². The van der Waals surface area contributed by atoms with Gasteiger partial charge in [0.1, 0.15) is 17.1 Å². The standard InChI is InChI=1S/C19H36N4O2.HI/c1-7-20-18(21-12-8-9-13-23(6)15(2)3)22-14-19(5,24)17-11-10-16(4)25-17;/h10-11,15,24H,7-9,12-14H2,1-6H3,(H2,20,21,22);1H. The lowest BCUT2D eigenvalue weighted by Gasteiger charge is -2.21. The predicted octanol–water partition coefficient (Wildman–Crippen LogP) is 3.09. The van der Waals surface area contributed by atoms with Crippen molar-refractivity contribution in [1.29, 1.82) is 0 Å². The summed E-state index contributed by atoms with van der Waals surface area (Å²) < 4.78 is 5.53. The third kappa shape index (κ3) is 9.23. The highest BCUT2D eigenvalue weighted by Crippen LogP contribution is 2.22. The normalized spacial score (nSPS) is 14.3. The fourth-order valence-corrected chi connectivity index (χ4v) is 2.33. The van der Waals surface area contributed by atoms with Gasteiger partial charge in [-0.1, -0.05) is 0 Å². The molecule has 152 valence electrons. The van der Waals surface area contributed by atoms with Gasteiger partial charge in [-0.3, -0.25) is 0 Å². The van der Waals surface area contributed by atoms with Crippen LogP contribution in [0.5, 0.6) is 0 Å². The molecule has 6 nitrogen and oxygen atoms in total. The van der Waals surface area contributed by atoms with Crippen LogP contribution in [0.15, 0.2) is 21.5 Å². The lowest BCUT2D eigenvalue weighted by atomic mass is 10.0. The van der Waals surface area contributed by atoms with Crippen molar-refractivity contribution in [3.8, 4) is 0 Å². The number of halogens is 1. The van der Waals surface area contributed by atoms with Crippen LogP contribution in [0.2, 0.25) is 0 Å². The second-order valence-corrected chi connectivity index (χ2v) is 7.09. The van der Waals surface area contributed by atoms with E-state index < -0.39 is 5.60 Å². The third-order valence-electron chi connectivity index (χ3n) is 4.27. The number of unbranched alkanes of at least 4 members (excludes halogenated alkanes) is 1. The summed E-state index contributed by atoms with van der Waals surface area (Å²) in [6.45, 7) is 13.0. The second kappa shape index (κ2) is 12.6. The Kier molecular flexibility index (Phi) is 12.2. The third-order valence-corrected chi connectivity index (χ3v) is 4.27. The molecule has 0 aromatic carbocycles. The zero-order chi connectivity index (χ0) is 18.9.